The molecule has 0 saturated heterocycles. The van der Waals surface area contributed by atoms with Crippen LogP contribution in [0, 0.1) is 5.82 Å². The van der Waals surface area contributed by atoms with Crippen molar-refractivity contribution in [2.45, 2.75) is 5.38 Å². The molecule has 0 aliphatic rings. The summed E-state index contributed by atoms with van der Waals surface area (Å²) in [4.78, 5) is 1.03. The highest BCUT2D eigenvalue weighted by Crippen LogP contribution is 2.38. The molecule has 2 rings (SSSR count). The molecule has 0 nitrogen and oxygen atoms in total. The van der Waals surface area contributed by atoms with Gasteiger partial charge in [-0.3, -0.25) is 0 Å². The molecule has 16 heavy (non-hydrogen) atoms. The highest BCUT2D eigenvalue weighted by atomic mass is 79.9. The van der Waals surface area contributed by atoms with E-state index in [1.54, 1.807) is 23.5 Å². The summed E-state index contributed by atoms with van der Waals surface area (Å²) in [5.41, 5.74) is 0.873. The van der Waals surface area contributed by atoms with Gasteiger partial charge in [-0.15, -0.1) is 22.9 Å². The minimum atomic E-state index is -0.280. The summed E-state index contributed by atoms with van der Waals surface area (Å²) in [7, 11) is 0. The van der Waals surface area contributed by atoms with Crippen LogP contribution in [0.4, 0.5) is 4.39 Å². The summed E-state index contributed by atoms with van der Waals surface area (Å²) in [6, 6.07) is 6.77. The number of benzene rings is 1. The van der Waals surface area contributed by atoms with E-state index in [1.807, 2.05) is 11.4 Å². The first kappa shape index (κ1) is 12.6. The Morgan fingerprint density at radius 3 is 2.50 bits per heavy atom. The number of halogens is 4. The average Bonchev–Trinajstić information content (AvgIpc) is 2.67. The van der Waals surface area contributed by atoms with Crippen molar-refractivity contribution >= 4 is 54.8 Å². The van der Waals surface area contributed by atoms with E-state index in [-0.39, 0.29) is 11.2 Å². The maximum Gasteiger partial charge on any atom is 0.137 e. The van der Waals surface area contributed by atoms with Gasteiger partial charge in [0.05, 0.1) is 9.85 Å². The topological polar surface area (TPSA) is 0 Å². The highest BCUT2D eigenvalue weighted by Gasteiger charge is 2.16. The third-order valence-corrected chi connectivity index (χ3v) is 5.25. The molecular weight excluding hydrogens is 378 g/mol. The third-order valence-electron chi connectivity index (χ3n) is 2.11. The lowest BCUT2D eigenvalue weighted by molar-refractivity contribution is 0.620. The van der Waals surface area contributed by atoms with Gasteiger partial charge in [0.25, 0.3) is 0 Å². The van der Waals surface area contributed by atoms with Crippen LogP contribution in [0.2, 0.25) is 0 Å². The zero-order valence-electron chi connectivity index (χ0n) is 7.88. The molecule has 0 N–H and O–H groups in total. The molecule has 1 unspecified atom stereocenters. The SMILES string of the molecule is Fc1ccc(C(Cl)c2sccc2Br)cc1Br. The predicted molar refractivity (Wildman–Crippen MR) is 73.8 cm³/mol. The van der Waals surface area contributed by atoms with Gasteiger partial charge in [-0.05, 0) is 61.0 Å². The van der Waals surface area contributed by atoms with Crippen molar-refractivity contribution < 1.29 is 4.39 Å². The fraction of sp³-hybridized carbons (Fsp3) is 0.0909. The Labute approximate surface area is 119 Å². The zero-order chi connectivity index (χ0) is 11.7. The van der Waals surface area contributed by atoms with Gasteiger partial charge in [-0.25, -0.2) is 4.39 Å². The number of hydrogen-bond donors (Lipinski definition) is 0. The number of hydrogen-bond acceptors (Lipinski definition) is 1. The van der Waals surface area contributed by atoms with E-state index in [2.05, 4.69) is 31.9 Å². The Kier molecular flexibility index (Phi) is 4.06. The van der Waals surface area contributed by atoms with E-state index in [9.17, 15) is 4.39 Å². The molecule has 0 spiro atoms. The van der Waals surface area contributed by atoms with Crippen molar-refractivity contribution in [1.29, 1.82) is 0 Å². The predicted octanol–water partition coefficient (Wildman–Crippen LogP) is 5.74. The first-order valence-electron chi connectivity index (χ1n) is 4.41. The molecule has 0 aliphatic heterocycles. The highest BCUT2D eigenvalue weighted by molar-refractivity contribution is 9.10. The van der Waals surface area contributed by atoms with Crippen molar-refractivity contribution in [1.82, 2.24) is 0 Å². The van der Waals surface area contributed by atoms with Crippen LogP contribution >= 0.6 is 54.8 Å². The summed E-state index contributed by atoms with van der Waals surface area (Å²) < 4.78 is 14.5. The van der Waals surface area contributed by atoms with Gasteiger partial charge in [0.1, 0.15) is 5.82 Å². The summed E-state index contributed by atoms with van der Waals surface area (Å²) in [6.07, 6.45) is 0. The molecule has 0 bridgehead atoms. The van der Waals surface area contributed by atoms with Crippen molar-refractivity contribution in [3.8, 4) is 0 Å². The van der Waals surface area contributed by atoms with Gasteiger partial charge in [0.2, 0.25) is 0 Å². The Morgan fingerprint density at radius 2 is 1.94 bits per heavy atom. The molecule has 0 amide bonds. The van der Waals surface area contributed by atoms with E-state index in [1.165, 1.54) is 6.07 Å². The van der Waals surface area contributed by atoms with Crippen LogP contribution in [0.3, 0.4) is 0 Å². The van der Waals surface area contributed by atoms with Crippen molar-refractivity contribution in [2.75, 3.05) is 0 Å². The molecule has 0 saturated carbocycles. The zero-order valence-corrected chi connectivity index (χ0v) is 12.6. The van der Waals surface area contributed by atoms with Crippen LogP contribution in [0.1, 0.15) is 15.8 Å². The normalized spacial score (nSPS) is 12.8. The molecular formula is C11H6Br2ClFS. The molecule has 1 atom stereocenters. The number of thiophene rings is 1. The van der Waals surface area contributed by atoms with Crippen LogP contribution in [0.5, 0.6) is 0 Å². The maximum absolute atomic E-state index is 13.1. The molecule has 0 radical (unpaired) electrons. The van der Waals surface area contributed by atoms with E-state index < -0.39 is 0 Å². The van der Waals surface area contributed by atoms with Crippen LogP contribution in [-0.2, 0) is 0 Å². The smallest absolute Gasteiger partial charge is 0.137 e. The second-order valence-electron chi connectivity index (χ2n) is 3.17. The van der Waals surface area contributed by atoms with Gasteiger partial charge >= 0.3 is 0 Å². The fourth-order valence-corrected chi connectivity index (χ4v) is 3.85. The van der Waals surface area contributed by atoms with Gasteiger partial charge in [0, 0.05) is 9.35 Å². The van der Waals surface area contributed by atoms with Crippen LogP contribution in [0.25, 0.3) is 0 Å². The van der Waals surface area contributed by atoms with E-state index >= 15 is 0 Å². The standard InChI is InChI=1S/C11H6Br2ClFS/c12-7-3-4-16-11(7)10(14)6-1-2-9(15)8(13)5-6/h1-5,10H. The third kappa shape index (κ3) is 2.50. The van der Waals surface area contributed by atoms with Gasteiger partial charge in [-0.2, -0.15) is 0 Å². The second-order valence-corrected chi connectivity index (χ2v) is 6.26. The molecule has 0 fully saturated rings. The molecule has 1 heterocycles. The Balaban J connectivity index is 2.38. The lowest BCUT2D eigenvalue weighted by Crippen LogP contribution is -1.92. The van der Waals surface area contributed by atoms with Crippen molar-refractivity contribution in [3.05, 3.63) is 54.8 Å². The minimum absolute atomic E-state index is 0.258. The maximum atomic E-state index is 13.1. The lowest BCUT2D eigenvalue weighted by Gasteiger charge is -2.09. The first-order valence-corrected chi connectivity index (χ1v) is 7.31. The Morgan fingerprint density at radius 1 is 1.19 bits per heavy atom. The molecule has 1 aromatic heterocycles. The molecule has 84 valence electrons. The average molecular weight is 384 g/mol. The van der Waals surface area contributed by atoms with Gasteiger partial charge in [0.15, 0.2) is 0 Å². The van der Waals surface area contributed by atoms with Gasteiger partial charge in [-0.1, -0.05) is 6.07 Å². The fourth-order valence-electron chi connectivity index (χ4n) is 1.31. The lowest BCUT2D eigenvalue weighted by atomic mass is 10.1. The molecule has 2 aromatic rings. The van der Waals surface area contributed by atoms with Crippen molar-refractivity contribution in [3.63, 3.8) is 0 Å². The quantitative estimate of drug-likeness (QED) is 0.579. The Bertz CT molecular complexity index is 512. The van der Waals surface area contributed by atoms with Gasteiger partial charge < -0.3 is 0 Å². The van der Waals surface area contributed by atoms with E-state index in [4.69, 9.17) is 11.6 Å². The van der Waals surface area contributed by atoms with Crippen molar-refractivity contribution in [2.24, 2.45) is 0 Å². The minimum Gasteiger partial charge on any atom is -0.206 e. The first-order chi connectivity index (χ1) is 7.59. The van der Waals surface area contributed by atoms with Crippen LogP contribution in [0.15, 0.2) is 38.6 Å². The largest absolute Gasteiger partial charge is 0.206 e. The summed E-state index contributed by atoms with van der Waals surface area (Å²) in [5.74, 6) is -0.280. The van der Waals surface area contributed by atoms with E-state index in [0.29, 0.717) is 4.47 Å². The summed E-state index contributed by atoms with van der Waals surface area (Å²) >= 11 is 14.5. The molecule has 5 heteroatoms. The monoisotopic (exact) mass is 382 g/mol. The number of rotatable bonds is 2. The summed E-state index contributed by atoms with van der Waals surface area (Å²) in [6.45, 7) is 0. The van der Waals surface area contributed by atoms with Crippen LogP contribution < -0.4 is 0 Å². The molecule has 0 aliphatic carbocycles. The Hall–Kier alpha value is 0.1000. The molecule has 1 aromatic carbocycles. The summed E-state index contributed by atoms with van der Waals surface area (Å²) in [5, 5.41) is 1.71. The number of alkyl halides is 1. The van der Waals surface area contributed by atoms with Crippen LogP contribution in [-0.4, -0.2) is 0 Å². The van der Waals surface area contributed by atoms with E-state index in [0.717, 1.165) is 14.9 Å². The second kappa shape index (κ2) is 5.17.